The fraction of sp³-hybridized carbons (Fsp3) is 0.188. The Kier molecular flexibility index (Phi) is 3.72. The van der Waals surface area contributed by atoms with Gasteiger partial charge in [-0.1, -0.05) is 0 Å². The summed E-state index contributed by atoms with van der Waals surface area (Å²) in [7, 11) is 1.83. The molecule has 0 aliphatic rings. The summed E-state index contributed by atoms with van der Waals surface area (Å²) in [5.41, 5.74) is -1.04. The van der Waals surface area contributed by atoms with Gasteiger partial charge in [0, 0.05) is 36.1 Å². The molecule has 4 aromatic heterocycles. The van der Waals surface area contributed by atoms with Crippen molar-refractivity contribution in [2.24, 2.45) is 7.05 Å². The van der Waals surface area contributed by atoms with Crippen LogP contribution >= 0.6 is 11.3 Å². The number of aromatic nitrogens is 5. The molecule has 0 spiro atoms. The normalized spacial score (nSPS) is 12.2. The van der Waals surface area contributed by atoms with Crippen LogP contribution in [0.3, 0.4) is 0 Å². The van der Waals surface area contributed by atoms with Crippen molar-refractivity contribution in [1.29, 1.82) is 0 Å². The van der Waals surface area contributed by atoms with Crippen LogP contribution < -0.4 is 5.69 Å². The highest BCUT2D eigenvalue weighted by molar-refractivity contribution is 7.10. The number of thiophene rings is 1. The van der Waals surface area contributed by atoms with E-state index in [1.165, 1.54) is 34.4 Å². The third kappa shape index (κ3) is 2.71. The van der Waals surface area contributed by atoms with Crippen molar-refractivity contribution in [3.05, 3.63) is 69.0 Å². The predicted octanol–water partition coefficient (Wildman–Crippen LogP) is 2.89. The Morgan fingerprint density at radius 3 is 2.81 bits per heavy atom. The fourth-order valence-corrected chi connectivity index (χ4v) is 3.60. The number of hydrogen-bond acceptors (Lipinski definition) is 4. The molecule has 0 aromatic carbocycles. The Balaban J connectivity index is 1.77. The lowest BCUT2D eigenvalue weighted by atomic mass is 10.2. The highest BCUT2D eigenvalue weighted by atomic mass is 32.1. The van der Waals surface area contributed by atoms with E-state index in [1.807, 2.05) is 7.05 Å². The zero-order chi connectivity index (χ0) is 18.5. The largest absolute Gasteiger partial charge is 0.418 e. The number of alkyl halides is 3. The molecule has 4 heterocycles. The van der Waals surface area contributed by atoms with E-state index in [-0.39, 0.29) is 5.52 Å². The van der Waals surface area contributed by atoms with Gasteiger partial charge in [-0.3, -0.25) is 8.97 Å². The lowest BCUT2D eigenvalue weighted by Crippen LogP contribution is -2.18. The van der Waals surface area contributed by atoms with Crippen LogP contribution in [0.25, 0.3) is 11.2 Å². The lowest BCUT2D eigenvalue weighted by Gasteiger charge is -2.07. The molecule has 0 unspecified atom stereocenters. The van der Waals surface area contributed by atoms with Gasteiger partial charge in [0.1, 0.15) is 12.2 Å². The van der Waals surface area contributed by atoms with Crippen LogP contribution in [-0.4, -0.2) is 23.7 Å². The Hall–Kier alpha value is -2.88. The smallest absolute Gasteiger partial charge is 0.320 e. The zero-order valence-corrected chi connectivity index (χ0v) is 14.3. The average Bonchev–Trinajstić information content (AvgIpc) is 3.28. The molecule has 0 amide bonds. The summed E-state index contributed by atoms with van der Waals surface area (Å²) in [6.07, 6.45) is 0.135. The third-order valence-corrected chi connectivity index (χ3v) is 4.98. The molecule has 4 rings (SSSR count). The summed E-state index contributed by atoms with van der Waals surface area (Å²) in [5.74, 6) is 0.757. The first-order valence-corrected chi connectivity index (χ1v) is 8.43. The first-order chi connectivity index (χ1) is 12.3. The summed E-state index contributed by atoms with van der Waals surface area (Å²) in [6.45, 7) is 0. The highest BCUT2D eigenvalue weighted by Crippen LogP contribution is 2.32. The number of imidazole rings is 1. The molecule has 0 aliphatic carbocycles. The SMILES string of the molecule is Cn1cnnc1Cc1cc(-n2cc3c(C(F)(F)F)cccn3c2=O)cs1. The van der Waals surface area contributed by atoms with Gasteiger partial charge in [-0.05, 0) is 18.2 Å². The predicted molar refractivity (Wildman–Crippen MR) is 89.7 cm³/mol. The quantitative estimate of drug-likeness (QED) is 0.550. The van der Waals surface area contributed by atoms with Crippen LogP contribution in [-0.2, 0) is 19.6 Å². The first kappa shape index (κ1) is 16.6. The molecule has 6 nitrogen and oxygen atoms in total. The summed E-state index contributed by atoms with van der Waals surface area (Å²) in [5, 5.41) is 9.55. The van der Waals surface area contributed by atoms with Crippen molar-refractivity contribution < 1.29 is 13.2 Å². The average molecular weight is 379 g/mol. The van der Waals surface area contributed by atoms with Crippen LogP contribution in [0.15, 0.2) is 47.1 Å². The second-order valence-corrected chi connectivity index (χ2v) is 6.76. The minimum Gasteiger partial charge on any atom is -0.320 e. The molecular weight excluding hydrogens is 367 g/mol. The van der Waals surface area contributed by atoms with Crippen molar-refractivity contribution in [3.63, 3.8) is 0 Å². The second-order valence-electron chi connectivity index (χ2n) is 5.76. The fourth-order valence-electron chi connectivity index (χ4n) is 2.75. The maximum absolute atomic E-state index is 13.2. The van der Waals surface area contributed by atoms with E-state index >= 15 is 0 Å². The van der Waals surface area contributed by atoms with Crippen LogP contribution in [0.4, 0.5) is 13.2 Å². The summed E-state index contributed by atoms with van der Waals surface area (Å²) < 4.78 is 43.5. The number of hydrogen-bond donors (Lipinski definition) is 0. The number of halogens is 3. The number of fused-ring (bicyclic) bond motifs is 1. The molecule has 10 heteroatoms. The van der Waals surface area contributed by atoms with Crippen LogP contribution in [0.5, 0.6) is 0 Å². The van der Waals surface area contributed by atoms with Crippen molar-refractivity contribution in [2.75, 3.05) is 0 Å². The topological polar surface area (TPSA) is 57.1 Å². The number of aryl methyl sites for hydroxylation is 1. The molecule has 0 bridgehead atoms. The Labute approximate surface area is 148 Å². The second kappa shape index (κ2) is 5.84. The van der Waals surface area contributed by atoms with E-state index in [4.69, 9.17) is 0 Å². The summed E-state index contributed by atoms with van der Waals surface area (Å²) >= 11 is 1.41. The Morgan fingerprint density at radius 2 is 2.12 bits per heavy atom. The first-order valence-electron chi connectivity index (χ1n) is 7.55. The highest BCUT2D eigenvalue weighted by Gasteiger charge is 2.33. The monoisotopic (exact) mass is 379 g/mol. The van der Waals surface area contributed by atoms with E-state index < -0.39 is 17.4 Å². The lowest BCUT2D eigenvalue weighted by molar-refractivity contribution is -0.136. The van der Waals surface area contributed by atoms with Crippen molar-refractivity contribution in [2.45, 2.75) is 12.6 Å². The van der Waals surface area contributed by atoms with Crippen LogP contribution in [0.1, 0.15) is 16.3 Å². The number of rotatable bonds is 3. The zero-order valence-electron chi connectivity index (χ0n) is 13.4. The van der Waals surface area contributed by atoms with Crippen molar-refractivity contribution >= 4 is 16.9 Å². The maximum atomic E-state index is 13.2. The molecule has 26 heavy (non-hydrogen) atoms. The van der Waals surface area contributed by atoms with Gasteiger partial charge in [0.05, 0.1) is 16.8 Å². The summed E-state index contributed by atoms with van der Waals surface area (Å²) in [6, 6.07) is 3.95. The van der Waals surface area contributed by atoms with E-state index in [0.717, 1.165) is 21.2 Å². The van der Waals surface area contributed by atoms with Crippen LogP contribution in [0.2, 0.25) is 0 Å². The number of nitrogens with zero attached hydrogens (tertiary/aromatic N) is 5. The van der Waals surface area contributed by atoms with Gasteiger partial charge in [0.25, 0.3) is 0 Å². The molecule has 4 aromatic rings. The van der Waals surface area contributed by atoms with E-state index in [2.05, 4.69) is 10.2 Å². The molecular formula is C16H12F3N5OS. The summed E-state index contributed by atoms with van der Waals surface area (Å²) in [4.78, 5) is 13.5. The van der Waals surface area contributed by atoms with Gasteiger partial charge in [-0.15, -0.1) is 21.5 Å². The standard InChI is InChI=1S/C16H12F3N5OS/c1-22-9-20-21-14(22)6-11-5-10(8-26-11)24-7-13-12(16(17,18)19)3-2-4-23(13)15(24)25/h2-5,7-9H,6H2,1H3. The van der Waals surface area contributed by atoms with Gasteiger partial charge < -0.3 is 4.57 Å². The molecule has 0 aliphatic heterocycles. The van der Waals surface area contributed by atoms with Gasteiger partial charge in [-0.2, -0.15) is 13.2 Å². The van der Waals surface area contributed by atoms with Crippen LogP contribution in [0, 0.1) is 0 Å². The van der Waals surface area contributed by atoms with E-state index in [1.54, 1.807) is 22.3 Å². The molecule has 0 atom stereocenters. The molecule has 0 radical (unpaired) electrons. The van der Waals surface area contributed by atoms with Gasteiger partial charge in [0.2, 0.25) is 0 Å². The molecule has 0 fully saturated rings. The molecule has 0 N–H and O–H groups in total. The van der Waals surface area contributed by atoms with Gasteiger partial charge in [-0.25, -0.2) is 4.79 Å². The Bertz CT molecular complexity index is 1150. The number of pyridine rings is 1. The minimum absolute atomic E-state index is 0.175. The van der Waals surface area contributed by atoms with E-state index in [0.29, 0.717) is 12.1 Å². The van der Waals surface area contributed by atoms with Gasteiger partial charge in [0.15, 0.2) is 0 Å². The van der Waals surface area contributed by atoms with E-state index in [9.17, 15) is 18.0 Å². The molecule has 0 saturated carbocycles. The van der Waals surface area contributed by atoms with Crippen molar-refractivity contribution in [3.8, 4) is 5.69 Å². The Morgan fingerprint density at radius 1 is 1.31 bits per heavy atom. The molecule has 134 valence electrons. The van der Waals surface area contributed by atoms with Gasteiger partial charge >= 0.3 is 11.9 Å². The third-order valence-electron chi connectivity index (χ3n) is 4.06. The maximum Gasteiger partial charge on any atom is 0.418 e. The van der Waals surface area contributed by atoms with Crippen molar-refractivity contribution in [1.82, 2.24) is 23.7 Å². The molecule has 0 saturated heterocycles. The minimum atomic E-state index is -4.53.